The number of pyridine rings is 1. The highest BCUT2D eigenvalue weighted by Gasteiger charge is 2.23. The minimum absolute atomic E-state index is 0.283. The Morgan fingerprint density at radius 2 is 1.85 bits per heavy atom. The molecular formula is C30H31ClF2N6S. The molecule has 4 aromatic rings. The maximum Gasteiger partial charge on any atom is 0.155 e. The van der Waals surface area contributed by atoms with E-state index in [9.17, 15) is 0 Å². The van der Waals surface area contributed by atoms with Gasteiger partial charge < -0.3 is 14.9 Å². The highest BCUT2D eigenvalue weighted by molar-refractivity contribution is 8.01. The monoisotopic (exact) mass is 580 g/mol. The average molecular weight is 581 g/mol. The van der Waals surface area contributed by atoms with Gasteiger partial charge in [0.25, 0.3) is 0 Å². The summed E-state index contributed by atoms with van der Waals surface area (Å²) < 4.78 is 36.3. The van der Waals surface area contributed by atoms with Crippen molar-refractivity contribution in [1.29, 1.82) is 0 Å². The summed E-state index contributed by atoms with van der Waals surface area (Å²) in [6, 6.07) is 12.3. The molecular weight excluding hydrogens is 550 g/mol. The average Bonchev–Trinajstić information content (AvgIpc) is 3.64. The first kappa shape index (κ1) is 27.1. The molecule has 6 nitrogen and oxygen atoms in total. The molecule has 0 bridgehead atoms. The number of piperazine rings is 1. The molecule has 1 atom stereocenters. The van der Waals surface area contributed by atoms with Crippen LogP contribution in [0.15, 0.2) is 61.1 Å². The fourth-order valence-corrected chi connectivity index (χ4v) is 6.70. The molecule has 2 N–H and O–H groups in total. The van der Waals surface area contributed by atoms with Crippen LogP contribution in [0.4, 0.5) is 20.2 Å². The fraction of sp³-hybridized carbons (Fsp3) is 0.333. The molecule has 0 amide bonds. The smallest absolute Gasteiger partial charge is 0.155 e. The van der Waals surface area contributed by atoms with Crippen LogP contribution in [0, 0.1) is 11.6 Å². The van der Waals surface area contributed by atoms with Crippen molar-refractivity contribution < 1.29 is 8.78 Å². The quantitative estimate of drug-likeness (QED) is 0.223. The maximum atomic E-state index is 16.0. The third-order valence-electron chi connectivity index (χ3n) is 7.55. The van der Waals surface area contributed by atoms with Crippen molar-refractivity contribution in [3.05, 3.63) is 77.7 Å². The molecule has 0 spiro atoms. The molecule has 2 aromatic carbocycles. The molecule has 2 fully saturated rings. The number of rotatable bonds is 7. The van der Waals surface area contributed by atoms with Crippen LogP contribution in [-0.2, 0) is 0 Å². The number of hydrogen-bond acceptors (Lipinski definition) is 6. The van der Waals surface area contributed by atoms with Gasteiger partial charge >= 0.3 is 0 Å². The van der Waals surface area contributed by atoms with Crippen LogP contribution in [0.25, 0.3) is 28.1 Å². The Balaban J connectivity index is 1.39. The zero-order valence-corrected chi connectivity index (χ0v) is 23.8. The van der Waals surface area contributed by atoms with Crippen molar-refractivity contribution >= 4 is 34.9 Å². The fourth-order valence-electron chi connectivity index (χ4n) is 5.48. The highest BCUT2D eigenvalue weighted by Crippen LogP contribution is 2.39. The first-order chi connectivity index (χ1) is 19.5. The van der Waals surface area contributed by atoms with Crippen molar-refractivity contribution in [3.8, 4) is 28.1 Å². The summed E-state index contributed by atoms with van der Waals surface area (Å²) in [5, 5.41) is 9.00. The van der Waals surface area contributed by atoms with E-state index in [0.717, 1.165) is 43.7 Å². The van der Waals surface area contributed by atoms with Crippen molar-refractivity contribution in [3.63, 3.8) is 0 Å². The predicted octanol–water partition coefficient (Wildman–Crippen LogP) is 7.33. The minimum Gasteiger partial charge on any atom is -0.369 e. The summed E-state index contributed by atoms with van der Waals surface area (Å²) in [4.78, 5) is 6.28. The number of aromatic nitrogens is 3. The van der Waals surface area contributed by atoms with E-state index in [-0.39, 0.29) is 5.69 Å². The van der Waals surface area contributed by atoms with E-state index >= 15 is 8.78 Å². The lowest BCUT2D eigenvalue weighted by atomic mass is 10.0. The van der Waals surface area contributed by atoms with Crippen molar-refractivity contribution in [1.82, 2.24) is 20.1 Å². The Morgan fingerprint density at radius 3 is 2.60 bits per heavy atom. The van der Waals surface area contributed by atoms with Gasteiger partial charge in [0.15, 0.2) is 11.6 Å². The van der Waals surface area contributed by atoms with Gasteiger partial charge in [0.1, 0.15) is 11.4 Å². The summed E-state index contributed by atoms with van der Waals surface area (Å²) in [6.45, 7) is 4.58. The summed E-state index contributed by atoms with van der Waals surface area (Å²) in [7, 11) is 0. The number of nitrogens with zero attached hydrogens (tertiary/aromatic N) is 4. The van der Waals surface area contributed by atoms with Gasteiger partial charge in [-0.2, -0.15) is 5.10 Å². The minimum atomic E-state index is -0.423. The highest BCUT2D eigenvalue weighted by atomic mass is 35.5. The normalized spacial score (nSPS) is 17.9. The molecule has 10 heteroatoms. The van der Waals surface area contributed by atoms with E-state index in [2.05, 4.69) is 26.8 Å². The lowest BCUT2D eigenvalue weighted by Crippen LogP contribution is -2.49. The second kappa shape index (κ2) is 11.8. The lowest BCUT2D eigenvalue weighted by Gasteiger charge is -2.33. The number of benzene rings is 2. The number of anilines is 2. The first-order valence-corrected chi connectivity index (χ1v) is 14.9. The Labute approximate surface area is 242 Å². The molecule has 3 heterocycles. The molecule has 1 aliphatic heterocycles. The number of hydrogen-bond donors (Lipinski definition) is 2. The molecule has 2 aliphatic rings. The van der Waals surface area contributed by atoms with Crippen LogP contribution in [0.1, 0.15) is 32.6 Å². The van der Waals surface area contributed by atoms with Crippen LogP contribution >= 0.6 is 23.5 Å². The summed E-state index contributed by atoms with van der Waals surface area (Å²) in [5.74, 6) is -0.825. The van der Waals surface area contributed by atoms with E-state index in [1.165, 1.54) is 17.5 Å². The van der Waals surface area contributed by atoms with Gasteiger partial charge in [0, 0.05) is 76.9 Å². The Morgan fingerprint density at radius 1 is 1.05 bits per heavy atom. The van der Waals surface area contributed by atoms with E-state index < -0.39 is 11.6 Å². The third kappa shape index (κ3) is 5.68. The van der Waals surface area contributed by atoms with Crippen LogP contribution in [0.5, 0.6) is 0 Å². The topological polar surface area (TPSA) is 58.0 Å². The summed E-state index contributed by atoms with van der Waals surface area (Å²) in [5.41, 5.74) is 3.50. The molecule has 208 valence electrons. The Hall–Kier alpha value is -3.14. The van der Waals surface area contributed by atoms with E-state index in [0.29, 0.717) is 38.8 Å². The first-order valence-electron chi connectivity index (χ1n) is 13.7. The standard InChI is InChI=1S/C30H31ClF2N6S/c1-19-17-38(13-12-35-19)22-6-7-28(26(32)16-22)39-18-25(30(36-39)20-8-10-34-11-9-20)24-14-21(31)15-27(29(24)33)37-40-23-4-2-3-5-23/h6-11,14-16,18-19,23,35,37H,2-5,12-13,17H2,1H3/t19-/m1/s1. The van der Waals surface area contributed by atoms with Gasteiger partial charge in [-0.15, -0.1) is 0 Å². The zero-order chi connectivity index (χ0) is 27.6. The van der Waals surface area contributed by atoms with E-state index in [4.69, 9.17) is 16.7 Å². The molecule has 1 aliphatic carbocycles. The van der Waals surface area contributed by atoms with E-state index in [1.54, 1.807) is 66.9 Å². The van der Waals surface area contributed by atoms with Crippen LogP contribution in [0.3, 0.4) is 0 Å². The largest absolute Gasteiger partial charge is 0.369 e. The van der Waals surface area contributed by atoms with Crippen molar-refractivity contribution in [2.24, 2.45) is 0 Å². The molecule has 2 aromatic heterocycles. The number of halogens is 3. The predicted molar refractivity (Wildman–Crippen MR) is 160 cm³/mol. The van der Waals surface area contributed by atoms with Crippen LogP contribution in [0.2, 0.25) is 5.02 Å². The molecule has 1 saturated carbocycles. The SMILES string of the molecule is C[C@@H]1CN(c2ccc(-n3cc(-c4cc(Cl)cc(NSC5CCCC5)c4F)c(-c4ccncc4)n3)c(F)c2)CCN1. The number of nitrogens with one attached hydrogen (secondary N) is 2. The van der Waals surface area contributed by atoms with Gasteiger partial charge in [-0.25, -0.2) is 13.5 Å². The second-order valence-corrected chi connectivity index (χ2v) is 12.0. The molecule has 0 unspecified atom stereocenters. The van der Waals surface area contributed by atoms with Gasteiger partial charge in [-0.1, -0.05) is 24.4 Å². The van der Waals surface area contributed by atoms with Crippen molar-refractivity contribution in [2.75, 3.05) is 29.3 Å². The molecule has 0 radical (unpaired) electrons. The molecule has 6 rings (SSSR count). The van der Waals surface area contributed by atoms with Crippen LogP contribution in [-0.4, -0.2) is 45.7 Å². The summed E-state index contributed by atoms with van der Waals surface area (Å²) in [6.07, 6.45) is 9.60. The maximum absolute atomic E-state index is 16.0. The van der Waals surface area contributed by atoms with Crippen LogP contribution < -0.4 is 14.9 Å². The second-order valence-electron chi connectivity index (χ2n) is 10.5. The van der Waals surface area contributed by atoms with Gasteiger partial charge in [0.2, 0.25) is 0 Å². The van der Waals surface area contributed by atoms with Crippen molar-refractivity contribution in [2.45, 2.75) is 43.9 Å². The van der Waals surface area contributed by atoms with Gasteiger partial charge in [-0.05, 0) is 74.2 Å². The van der Waals surface area contributed by atoms with Gasteiger partial charge in [0.05, 0.1) is 5.69 Å². The molecule has 1 saturated heterocycles. The molecule has 40 heavy (non-hydrogen) atoms. The third-order valence-corrected chi connectivity index (χ3v) is 8.91. The van der Waals surface area contributed by atoms with E-state index in [1.807, 2.05) is 6.07 Å². The lowest BCUT2D eigenvalue weighted by molar-refractivity contribution is 0.484. The summed E-state index contributed by atoms with van der Waals surface area (Å²) >= 11 is 8.04. The Kier molecular flexibility index (Phi) is 7.96. The zero-order valence-electron chi connectivity index (χ0n) is 22.2. The Bertz CT molecular complexity index is 1490. The van der Waals surface area contributed by atoms with Gasteiger partial charge in [-0.3, -0.25) is 4.98 Å².